The van der Waals surface area contributed by atoms with Crippen molar-refractivity contribution in [2.45, 2.75) is 11.3 Å². The van der Waals surface area contributed by atoms with Crippen LogP contribution in [0.4, 0.5) is 4.39 Å². The molecule has 1 aromatic heterocycles. The molecule has 29 heavy (non-hydrogen) atoms. The highest BCUT2D eigenvalue weighted by Gasteiger charge is 2.16. The lowest BCUT2D eigenvalue weighted by atomic mass is 10.1. The highest BCUT2D eigenvalue weighted by molar-refractivity contribution is 7.99. The Kier molecular flexibility index (Phi) is 5.78. The van der Waals surface area contributed by atoms with Crippen LogP contribution in [-0.2, 0) is 7.05 Å². The third-order valence-electron chi connectivity index (χ3n) is 4.54. The molecule has 1 N–H and O–H groups in total. The predicted molar refractivity (Wildman–Crippen MR) is 113 cm³/mol. The fourth-order valence-electron chi connectivity index (χ4n) is 3.04. The van der Waals surface area contributed by atoms with Crippen molar-refractivity contribution in [1.29, 1.82) is 0 Å². The van der Waals surface area contributed by atoms with Crippen LogP contribution >= 0.6 is 11.8 Å². The first-order valence-corrected chi connectivity index (χ1v) is 10.2. The normalized spacial score (nSPS) is 12.2. The van der Waals surface area contributed by atoms with Crippen molar-refractivity contribution in [2.24, 2.45) is 7.05 Å². The molecule has 148 valence electrons. The quantitative estimate of drug-likeness (QED) is 0.461. The molecule has 0 bridgehead atoms. The number of fused-ring (bicyclic) bond motifs is 1. The lowest BCUT2D eigenvalue weighted by Gasteiger charge is -2.13. The highest BCUT2D eigenvalue weighted by atomic mass is 32.2. The van der Waals surface area contributed by atoms with E-state index in [1.807, 2.05) is 42.5 Å². The zero-order chi connectivity index (χ0) is 20.2. The van der Waals surface area contributed by atoms with E-state index in [0.29, 0.717) is 22.3 Å². The summed E-state index contributed by atoms with van der Waals surface area (Å²) in [5, 5.41) is 21.3. The summed E-state index contributed by atoms with van der Waals surface area (Å²) in [6.07, 6.45) is -0.687. The molecule has 0 saturated carbocycles. The van der Waals surface area contributed by atoms with Crippen LogP contribution < -0.4 is 4.74 Å². The van der Waals surface area contributed by atoms with Gasteiger partial charge in [-0.1, -0.05) is 60.3 Å². The smallest absolute Gasteiger partial charge is 0.191 e. The van der Waals surface area contributed by atoms with Crippen LogP contribution in [0.2, 0.25) is 0 Å². The zero-order valence-electron chi connectivity index (χ0n) is 15.8. The Morgan fingerprint density at radius 3 is 2.66 bits per heavy atom. The number of halogens is 1. The third kappa shape index (κ3) is 4.26. The van der Waals surface area contributed by atoms with Crippen LogP contribution in [-0.4, -0.2) is 38.3 Å². The zero-order valence-corrected chi connectivity index (χ0v) is 16.6. The van der Waals surface area contributed by atoms with Gasteiger partial charge in [-0.15, -0.1) is 10.2 Å². The second kappa shape index (κ2) is 8.63. The molecule has 7 heteroatoms. The topological polar surface area (TPSA) is 60.2 Å². The van der Waals surface area contributed by atoms with Gasteiger partial charge in [0.2, 0.25) is 0 Å². The Labute approximate surface area is 172 Å². The van der Waals surface area contributed by atoms with Gasteiger partial charge in [0.05, 0.1) is 11.7 Å². The summed E-state index contributed by atoms with van der Waals surface area (Å²) in [5.74, 6) is 1.23. The Balaban J connectivity index is 1.38. The molecule has 0 aliphatic carbocycles. The monoisotopic (exact) mass is 409 g/mol. The van der Waals surface area contributed by atoms with E-state index >= 15 is 0 Å². The number of hydrogen-bond donors (Lipinski definition) is 1. The molecule has 4 aromatic rings. The lowest BCUT2D eigenvalue weighted by Crippen LogP contribution is -2.20. The van der Waals surface area contributed by atoms with Crippen molar-refractivity contribution in [3.63, 3.8) is 0 Å². The number of benzene rings is 3. The molecule has 4 rings (SSSR count). The van der Waals surface area contributed by atoms with Gasteiger partial charge in [-0.25, -0.2) is 4.39 Å². The molecular formula is C22H20FN3O2S. The molecule has 0 aliphatic heterocycles. The number of aliphatic hydroxyl groups excluding tert-OH is 1. The minimum atomic E-state index is -0.687. The van der Waals surface area contributed by atoms with Gasteiger partial charge in [-0.2, -0.15) is 0 Å². The molecule has 1 heterocycles. The SMILES string of the molecule is Cn1c(SC[C@H](O)COc2cccc3ccccc23)nnc1-c1ccccc1F. The first-order valence-electron chi connectivity index (χ1n) is 9.19. The molecule has 0 spiro atoms. The number of ether oxygens (including phenoxy) is 1. The minimum absolute atomic E-state index is 0.166. The second-order valence-electron chi connectivity index (χ2n) is 6.60. The van der Waals surface area contributed by atoms with Crippen LogP contribution in [0.3, 0.4) is 0 Å². The van der Waals surface area contributed by atoms with E-state index in [-0.39, 0.29) is 12.4 Å². The summed E-state index contributed by atoms with van der Waals surface area (Å²) in [5.41, 5.74) is 0.397. The maximum Gasteiger partial charge on any atom is 0.191 e. The Morgan fingerprint density at radius 1 is 1.03 bits per heavy atom. The average molecular weight is 409 g/mol. The van der Waals surface area contributed by atoms with Crippen LogP contribution in [0.5, 0.6) is 5.75 Å². The van der Waals surface area contributed by atoms with Gasteiger partial charge >= 0.3 is 0 Å². The molecule has 3 aromatic carbocycles. The van der Waals surface area contributed by atoms with E-state index in [1.165, 1.54) is 17.8 Å². The first-order chi connectivity index (χ1) is 14.1. The van der Waals surface area contributed by atoms with Gasteiger partial charge in [0.15, 0.2) is 11.0 Å². The summed E-state index contributed by atoms with van der Waals surface area (Å²) < 4.78 is 21.6. The molecule has 0 aliphatic rings. The van der Waals surface area contributed by atoms with Gasteiger partial charge in [0.25, 0.3) is 0 Å². The van der Waals surface area contributed by atoms with Crippen LogP contribution in [0, 0.1) is 5.82 Å². The molecular weight excluding hydrogens is 389 g/mol. The fraction of sp³-hybridized carbons (Fsp3) is 0.182. The number of aromatic nitrogens is 3. The Bertz CT molecular complexity index is 1130. The Morgan fingerprint density at radius 2 is 1.79 bits per heavy atom. The van der Waals surface area contributed by atoms with E-state index < -0.39 is 6.10 Å². The minimum Gasteiger partial charge on any atom is -0.490 e. The van der Waals surface area contributed by atoms with Crippen molar-refractivity contribution >= 4 is 22.5 Å². The van der Waals surface area contributed by atoms with Gasteiger partial charge < -0.3 is 14.4 Å². The standard InChI is InChI=1S/C22H20FN3O2S/c1-26-21(18-10-4-5-11-19(18)23)24-25-22(26)29-14-16(27)13-28-20-12-6-8-15-7-2-3-9-17(15)20/h2-12,16,27H,13-14H2,1H3/t16-/m1/s1. The fourth-order valence-corrected chi connectivity index (χ4v) is 3.86. The van der Waals surface area contributed by atoms with Crippen molar-refractivity contribution in [3.05, 3.63) is 72.5 Å². The molecule has 0 saturated heterocycles. The maximum absolute atomic E-state index is 14.0. The molecule has 1 atom stereocenters. The Hall–Kier alpha value is -2.90. The van der Waals surface area contributed by atoms with Crippen molar-refractivity contribution in [1.82, 2.24) is 14.8 Å². The number of thioether (sulfide) groups is 1. The molecule has 0 amide bonds. The largest absolute Gasteiger partial charge is 0.490 e. The number of nitrogens with zero attached hydrogens (tertiary/aromatic N) is 3. The predicted octanol–water partition coefficient (Wildman–Crippen LogP) is 4.31. The molecule has 0 fully saturated rings. The summed E-state index contributed by atoms with van der Waals surface area (Å²) in [6, 6.07) is 20.3. The van der Waals surface area contributed by atoms with Crippen molar-refractivity contribution < 1.29 is 14.2 Å². The van der Waals surface area contributed by atoms with Gasteiger partial charge in [0, 0.05) is 18.2 Å². The lowest BCUT2D eigenvalue weighted by molar-refractivity contribution is 0.127. The van der Waals surface area contributed by atoms with Crippen LogP contribution in [0.25, 0.3) is 22.2 Å². The van der Waals surface area contributed by atoms with Gasteiger partial charge in [0.1, 0.15) is 18.2 Å². The first kappa shape index (κ1) is 19.4. The van der Waals surface area contributed by atoms with E-state index in [9.17, 15) is 9.50 Å². The van der Waals surface area contributed by atoms with Gasteiger partial charge in [-0.3, -0.25) is 0 Å². The number of rotatable bonds is 7. The van der Waals surface area contributed by atoms with Crippen LogP contribution in [0.15, 0.2) is 71.9 Å². The van der Waals surface area contributed by atoms with Crippen molar-refractivity contribution in [2.75, 3.05) is 12.4 Å². The summed E-state index contributed by atoms with van der Waals surface area (Å²) in [6.45, 7) is 0.166. The molecule has 5 nitrogen and oxygen atoms in total. The van der Waals surface area contributed by atoms with Crippen LogP contribution in [0.1, 0.15) is 0 Å². The summed E-state index contributed by atoms with van der Waals surface area (Å²) in [4.78, 5) is 0. The van der Waals surface area contributed by atoms with E-state index in [1.54, 1.807) is 29.8 Å². The number of hydrogen-bond acceptors (Lipinski definition) is 5. The second-order valence-corrected chi connectivity index (χ2v) is 7.59. The summed E-state index contributed by atoms with van der Waals surface area (Å²) in [7, 11) is 1.78. The molecule has 0 unspecified atom stereocenters. The van der Waals surface area contributed by atoms with E-state index in [2.05, 4.69) is 10.2 Å². The van der Waals surface area contributed by atoms with Crippen molar-refractivity contribution in [3.8, 4) is 17.1 Å². The average Bonchev–Trinajstić information content (AvgIpc) is 3.11. The maximum atomic E-state index is 14.0. The highest BCUT2D eigenvalue weighted by Crippen LogP contribution is 2.27. The van der Waals surface area contributed by atoms with E-state index in [4.69, 9.17) is 4.74 Å². The van der Waals surface area contributed by atoms with Gasteiger partial charge in [-0.05, 0) is 23.6 Å². The van der Waals surface area contributed by atoms with E-state index in [0.717, 1.165) is 16.5 Å². The number of aliphatic hydroxyl groups is 1. The summed E-state index contributed by atoms with van der Waals surface area (Å²) >= 11 is 1.35. The third-order valence-corrected chi connectivity index (χ3v) is 5.70. The molecule has 0 radical (unpaired) electrons.